The molecule has 0 unspecified atom stereocenters. The molecule has 2 aromatic rings. The predicted molar refractivity (Wildman–Crippen MR) is 96.5 cm³/mol. The van der Waals surface area contributed by atoms with Crippen molar-refractivity contribution < 1.29 is 13.2 Å². The van der Waals surface area contributed by atoms with Crippen molar-refractivity contribution in [1.29, 1.82) is 0 Å². The highest BCUT2D eigenvalue weighted by Gasteiger charge is 2.25. The Hall–Kier alpha value is -1.29. The van der Waals surface area contributed by atoms with E-state index in [0.717, 1.165) is 38.5 Å². The van der Waals surface area contributed by atoms with E-state index < -0.39 is 12.6 Å². The van der Waals surface area contributed by atoms with Gasteiger partial charge in [-0.25, -0.2) is 0 Å². The lowest BCUT2D eigenvalue weighted by molar-refractivity contribution is -0.135. The minimum absolute atomic E-state index is 0.277. The van der Waals surface area contributed by atoms with Crippen LogP contribution in [0.1, 0.15) is 56.9 Å². The molecular formula is C20H25F3S. The van der Waals surface area contributed by atoms with Gasteiger partial charge in [0.05, 0.1) is 0 Å². The van der Waals surface area contributed by atoms with Crippen molar-refractivity contribution in [3.63, 3.8) is 0 Å². The molecule has 0 fully saturated rings. The SMILES string of the molecule is FC(F)(F)CCCCCCCCCc1cccc(-c2cccs2)c1. The zero-order valence-corrected chi connectivity index (χ0v) is 14.8. The molecule has 1 aromatic carbocycles. The smallest absolute Gasteiger partial charge is 0.171 e. The highest BCUT2D eigenvalue weighted by Crippen LogP contribution is 2.26. The van der Waals surface area contributed by atoms with Gasteiger partial charge in [0.15, 0.2) is 0 Å². The van der Waals surface area contributed by atoms with Crippen LogP contribution >= 0.6 is 11.3 Å². The molecule has 1 aromatic heterocycles. The monoisotopic (exact) mass is 354 g/mol. The molecule has 0 aliphatic carbocycles. The van der Waals surface area contributed by atoms with Crippen molar-refractivity contribution in [2.45, 2.75) is 64.0 Å². The molecule has 0 aliphatic rings. The van der Waals surface area contributed by atoms with Crippen LogP contribution in [0.15, 0.2) is 41.8 Å². The summed E-state index contributed by atoms with van der Waals surface area (Å²) in [6.45, 7) is 0. The number of aryl methyl sites for hydroxylation is 1. The summed E-state index contributed by atoms with van der Waals surface area (Å²) < 4.78 is 36.0. The van der Waals surface area contributed by atoms with E-state index >= 15 is 0 Å². The van der Waals surface area contributed by atoms with Crippen LogP contribution < -0.4 is 0 Å². The van der Waals surface area contributed by atoms with Crippen molar-refractivity contribution in [2.24, 2.45) is 0 Å². The second kappa shape index (κ2) is 9.87. The van der Waals surface area contributed by atoms with E-state index in [9.17, 15) is 13.2 Å². The van der Waals surface area contributed by atoms with E-state index in [1.54, 1.807) is 11.3 Å². The third-order valence-electron chi connectivity index (χ3n) is 4.16. The van der Waals surface area contributed by atoms with Gasteiger partial charge < -0.3 is 0 Å². The number of alkyl halides is 3. The third kappa shape index (κ3) is 7.52. The van der Waals surface area contributed by atoms with Crippen molar-refractivity contribution in [1.82, 2.24) is 0 Å². The van der Waals surface area contributed by atoms with Crippen molar-refractivity contribution >= 4 is 11.3 Å². The Morgan fingerprint density at radius 2 is 1.50 bits per heavy atom. The molecular weight excluding hydrogens is 329 g/mol. The minimum atomic E-state index is -3.99. The maximum Gasteiger partial charge on any atom is 0.389 e. The quantitative estimate of drug-likeness (QED) is 0.385. The molecule has 1 heterocycles. The first-order valence-corrected chi connectivity index (χ1v) is 9.62. The summed E-state index contributed by atoms with van der Waals surface area (Å²) >= 11 is 1.76. The van der Waals surface area contributed by atoms with E-state index in [2.05, 4.69) is 41.8 Å². The molecule has 0 spiro atoms. The Bertz CT molecular complexity index is 573. The number of hydrogen-bond acceptors (Lipinski definition) is 1. The Morgan fingerprint density at radius 3 is 2.17 bits per heavy atom. The van der Waals surface area contributed by atoms with Crippen LogP contribution in [0.5, 0.6) is 0 Å². The van der Waals surface area contributed by atoms with Crippen LogP contribution in [0.4, 0.5) is 13.2 Å². The third-order valence-corrected chi connectivity index (χ3v) is 5.08. The van der Waals surface area contributed by atoms with Gasteiger partial charge in [-0.2, -0.15) is 13.2 Å². The summed E-state index contributed by atoms with van der Waals surface area (Å²) in [7, 11) is 0. The maximum absolute atomic E-state index is 12.0. The van der Waals surface area contributed by atoms with Crippen LogP contribution in [0.3, 0.4) is 0 Å². The Morgan fingerprint density at radius 1 is 0.792 bits per heavy atom. The number of benzene rings is 1. The highest BCUT2D eigenvalue weighted by molar-refractivity contribution is 7.13. The summed E-state index contributed by atoms with van der Waals surface area (Å²) in [5, 5.41) is 2.09. The average molecular weight is 354 g/mol. The number of hydrogen-bond donors (Lipinski definition) is 0. The largest absolute Gasteiger partial charge is 0.389 e. The molecule has 24 heavy (non-hydrogen) atoms. The van der Waals surface area contributed by atoms with Crippen molar-refractivity contribution in [2.75, 3.05) is 0 Å². The molecule has 0 N–H and O–H groups in total. The molecule has 0 bridgehead atoms. The predicted octanol–water partition coefficient (Wildman–Crippen LogP) is 7.64. The lowest BCUT2D eigenvalue weighted by atomic mass is 10.0. The Balaban J connectivity index is 1.56. The van der Waals surface area contributed by atoms with E-state index in [-0.39, 0.29) is 6.42 Å². The number of halogens is 3. The van der Waals surface area contributed by atoms with Gasteiger partial charge in [0.1, 0.15) is 0 Å². The summed E-state index contributed by atoms with van der Waals surface area (Å²) in [5.41, 5.74) is 2.65. The first-order chi connectivity index (χ1) is 11.5. The summed E-state index contributed by atoms with van der Waals surface area (Å²) in [6.07, 6.45) is 2.83. The topological polar surface area (TPSA) is 0 Å². The van der Waals surface area contributed by atoms with E-state index in [1.807, 2.05) is 0 Å². The van der Waals surface area contributed by atoms with Gasteiger partial charge in [-0.15, -0.1) is 11.3 Å². The molecule has 0 saturated carbocycles. The van der Waals surface area contributed by atoms with Crippen LogP contribution in [-0.2, 0) is 6.42 Å². The van der Waals surface area contributed by atoms with E-state index in [1.165, 1.54) is 16.0 Å². The van der Waals surface area contributed by atoms with Crippen LogP contribution in [0.25, 0.3) is 10.4 Å². The molecule has 0 saturated heterocycles. The molecule has 0 aliphatic heterocycles. The summed E-state index contributed by atoms with van der Waals surface area (Å²) in [4.78, 5) is 1.30. The number of thiophene rings is 1. The number of rotatable bonds is 10. The molecule has 0 radical (unpaired) electrons. The van der Waals surface area contributed by atoms with Gasteiger partial charge >= 0.3 is 6.18 Å². The molecule has 0 amide bonds. The van der Waals surface area contributed by atoms with Crippen LogP contribution in [-0.4, -0.2) is 6.18 Å². The lowest BCUT2D eigenvalue weighted by Crippen LogP contribution is -2.06. The van der Waals surface area contributed by atoms with Gasteiger partial charge in [-0.05, 0) is 41.8 Å². The summed E-state index contributed by atoms with van der Waals surface area (Å²) in [5.74, 6) is 0. The summed E-state index contributed by atoms with van der Waals surface area (Å²) in [6, 6.07) is 12.9. The van der Waals surface area contributed by atoms with Crippen molar-refractivity contribution in [3.8, 4) is 10.4 Å². The van der Waals surface area contributed by atoms with Gasteiger partial charge in [0, 0.05) is 11.3 Å². The average Bonchev–Trinajstić information content (AvgIpc) is 3.07. The number of unbranched alkanes of at least 4 members (excludes halogenated alkanes) is 6. The Kier molecular flexibility index (Phi) is 7.83. The molecule has 132 valence electrons. The highest BCUT2D eigenvalue weighted by atomic mass is 32.1. The van der Waals surface area contributed by atoms with Crippen LogP contribution in [0, 0.1) is 0 Å². The van der Waals surface area contributed by atoms with E-state index in [4.69, 9.17) is 0 Å². The van der Waals surface area contributed by atoms with Crippen molar-refractivity contribution in [3.05, 3.63) is 47.3 Å². The maximum atomic E-state index is 12.0. The van der Waals surface area contributed by atoms with Gasteiger partial charge in [0.2, 0.25) is 0 Å². The fraction of sp³-hybridized carbons (Fsp3) is 0.500. The lowest BCUT2D eigenvalue weighted by Gasteiger charge is -2.06. The van der Waals surface area contributed by atoms with Gasteiger partial charge in [0.25, 0.3) is 0 Å². The Labute approximate surface area is 146 Å². The minimum Gasteiger partial charge on any atom is -0.171 e. The molecule has 0 nitrogen and oxygen atoms in total. The molecule has 4 heteroatoms. The fourth-order valence-corrected chi connectivity index (χ4v) is 3.59. The molecule has 0 atom stereocenters. The first kappa shape index (κ1) is 19.0. The van der Waals surface area contributed by atoms with E-state index in [0.29, 0.717) is 6.42 Å². The second-order valence-corrected chi connectivity index (χ2v) is 7.22. The second-order valence-electron chi connectivity index (χ2n) is 6.27. The zero-order valence-electron chi connectivity index (χ0n) is 13.9. The van der Waals surface area contributed by atoms with Gasteiger partial charge in [-0.1, -0.05) is 62.4 Å². The zero-order chi connectivity index (χ0) is 17.3. The first-order valence-electron chi connectivity index (χ1n) is 8.74. The van der Waals surface area contributed by atoms with Crippen LogP contribution in [0.2, 0.25) is 0 Å². The standard InChI is InChI=1S/C20H25F3S/c21-20(22,23)14-7-5-3-1-2-4-6-10-17-11-8-12-18(16-17)19-13-9-15-24-19/h8-9,11-13,15-16H,1-7,10,14H2. The fourth-order valence-electron chi connectivity index (χ4n) is 2.86. The van der Waals surface area contributed by atoms with Gasteiger partial charge in [-0.3, -0.25) is 0 Å². The normalized spacial score (nSPS) is 11.8. The molecule has 2 rings (SSSR count).